The molecule has 1 aliphatic rings. The number of hydrogen-bond donors (Lipinski definition) is 0. The second-order valence-corrected chi connectivity index (χ2v) is 6.94. The average molecular weight is 307 g/mol. The largest absolute Gasteiger partial charge is 0.418 e. The molecule has 1 nitrogen and oxygen atoms in total. The molecule has 0 spiro atoms. The van der Waals surface area contributed by atoms with Crippen molar-refractivity contribution in [3.8, 4) is 11.3 Å². The van der Waals surface area contributed by atoms with Crippen molar-refractivity contribution in [3.63, 3.8) is 0 Å². The third-order valence-electron chi connectivity index (χ3n) is 4.78. The van der Waals surface area contributed by atoms with E-state index in [0.29, 0.717) is 11.4 Å². The highest BCUT2D eigenvalue weighted by Crippen LogP contribution is 2.45. The zero-order chi connectivity index (χ0) is 16.4. The molecule has 1 aromatic carbocycles. The lowest BCUT2D eigenvalue weighted by Gasteiger charge is -2.37. The lowest BCUT2D eigenvalue weighted by atomic mass is 9.84. The van der Waals surface area contributed by atoms with Crippen LogP contribution >= 0.6 is 0 Å². The van der Waals surface area contributed by atoms with Crippen LogP contribution in [0.3, 0.4) is 0 Å². The Morgan fingerprint density at radius 2 is 1.59 bits per heavy atom. The van der Waals surface area contributed by atoms with E-state index in [0.717, 1.165) is 23.1 Å². The average Bonchev–Trinajstić information content (AvgIpc) is 2.71. The molecule has 4 heteroatoms. The van der Waals surface area contributed by atoms with Gasteiger partial charge in [-0.15, -0.1) is 0 Å². The molecule has 0 saturated heterocycles. The minimum absolute atomic E-state index is 0.302. The molecule has 2 aromatic rings. The maximum Gasteiger partial charge on any atom is 0.418 e. The van der Waals surface area contributed by atoms with Gasteiger partial charge in [-0.2, -0.15) is 13.2 Å². The van der Waals surface area contributed by atoms with Crippen LogP contribution in [0.15, 0.2) is 18.2 Å². The van der Waals surface area contributed by atoms with Crippen LogP contribution in [0.25, 0.3) is 11.3 Å². The molecule has 0 aliphatic carbocycles. The molecule has 1 aromatic heterocycles. The molecule has 1 aliphatic heterocycles. The van der Waals surface area contributed by atoms with E-state index in [1.54, 1.807) is 6.92 Å². The number of fused-ring (bicyclic) bond motifs is 3. The number of alkyl halides is 3. The van der Waals surface area contributed by atoms with E-state index in [1.807, 2.05) is 38.3 Å². The monoisotopic (exact) mass is 307 g/mol. The van der Waals surface area contributed by atoms with Crippen molar-refractivity contribution in [2.45, 2.75) is 52.8 Å². The second-order valence-electron chi connectivity index (χ2n) is 6.94. The van der Waals surface area contributed by atoms with Gasteiger partial charge < -0.3 is 4.57 Å². The fourth-order valence-electron chi connectivity index (χ4n) is 3.68. The number of aromatic nitrogens is 1. The van der Waals surface area contributed by atoms with Gasteiger partial charge in [0, 0.05) is 22.5 Å². The van der Waals surface area contributed by atoms with Crippen molar-refractivity contribution < 1.29 is 13.2 Å². The normalized spacial score (nSPS) is 16.4. The lowest BCUT2D eigenvalue weighted by Crippen LogP contribution is -2.34. The summed E-state index contributed by atoms with van der Waals surface area (Å²) in [6.07, 6.45) is -3.58. The van der Waals surface area contributed by atoms with Crippen LogP contribution in [-0.2, 0) is 18.1 Å². The zero-order valence-electron chi connectivity index (χ0n) is 13.5. The summed E-state index contributed by atoms with van der Waals surface area (Å²) in [5.41, 5.74) is 4.45. The van der Waals surface area contributed by atoms with Crippen LogP contribution in [0.2, 0.25) is 0 Å². The minimum atomic E-state index is -4.32. The fourth-order valence-corrected chi connectivity index (χ4v) is 3.68. The van der Waals surface area contributed by atoms with E-state index in [2.05, 4.69) is 6.07 Å². The Morgan fingerprint density at radius 1 is 1.00 bits per heavy atom. The van der Waals surface area contributed by atoms with Crippen molar-refractivity contribution in [2.24, 2.45) is 0 Å². The predicted molar refractivity (Wildman–Crippen MR) is 82.1 cm³/mol. The lowest BCUT2D eigenvalue weighted by molar-refractivity contribution is -0.138. The van der Waals surface area contributed by atoms with E-state index in [9.17, 15) is 13.2 Å². The third kappa shape index (κ3) is 2.08. The number of benzene rings is 1. The Labute approximate surface area is 128 Å². The second kappa shape index (κ2) is 4.40. The van der Waals surface area contributed by atoms with Crippen LogP contribution in [-0.4, -0.2) is 4.57 Å². The number of hydrogen-bond acceptors (Lipinski definition) is 0. The standard InChI is InChI=1S/C18H20F3N/c1-10-6-13-9-17(4,5)22-12(3)15(18(19,20)21)8-16(22)14(13)7-11(10)2/h6-8H,9H2,1-5H3. The van der Waals surface area contributed by atoms with Gasteiger partial charge in [-0.1, -0.05) is 6.07 Å². The molecule has 0 atom stereocenters. The number of nitrogens with zero attached hydrogens (tertiary/aromatic N) is 1. The maximum atomic E-state index is 13.3. The van der Waals surface area contributed by atoms with E-state index in [4.69, 9.17) is 0 Å². The summed E-state index contributed by atoms with van der Waals surface area (Å²) in [7, 11) is 0. The van der Waals surface area contributed by atoms with Crippen LogP contribution in [0.4, 0.5) is 13.2 Å². The van der Waals surface area contributed by atoms with Crippen molar-refractivity contribution in [1.82, 2.24) is 4.57 Å². The summed E-state index contributed by atoms with van der Waals surface area (Å²) in [5, 5.41) is 0. The Morgan fingerprint density at radius 3 is 2.18 bits per heavy atom. The Bertz CT molecular complexity index is 764. The molecule has 118 valence electrons. The molecule has 0 N–H and O–H groups in total. The first-order valence-corrected chi connectivity index (χ1v) is 7.43. The fraction of sp³-hybridized carbons (Fsp3) is 0.444. The molecular weight excluding hydrogens is 287 g/mol. The van der Waals surface area contributed by atoms with Gasteiger partial charge >= 0.3 is 6.18 Å². The summed E-state index contributed by atoms with van der Waals surface area (Å²) in [6, 6.07) is 5.45. The van der Waals surface area contributed by atoms with E-state index in [-0.39, 0.29) is 5.54 Å². The van der Waals surface area contributed by atoms with Crippen molar-refractivity contribution in [3.05, 3.63) is 46.1 Å². The number of aryl methyl sites for hydroxylation is 2. The third-order valence-corrected chi connectivity index (χ3v) is 4.78. The smallest absolute Gasteiger partial charge is 0.338 e. The highest BCUT2D eigenvalue weighted by molar-refractivity contribution is 5.71. The van der Waals surface area contributed by atoms with Gasteiger partial charge in [0.2, 0.25) is 0 Å². The Balaban J connectivity index is 2.35. The van der Waals surface area contributed by atoms with Crippen LogP contribution in [0.5, 0.6) is 0 Å². The molecule has 3 rings (SSSR count). The number of halogens is 3. The Hall–Kier alpha value is -1.71. The highest BCUT2D eigenvalue weighted by Gasteiger charge is 2.40. The molecule has 2 heterocycles. The molecule has 0 fully saturated rings. The first-order chi connectivity index (χ1) is 10.0. The minimum Gasteiger partial charge on any atom is -0.338 e. The zero-order valence-corrected chi connectivity index (χ0v) is 13.5. The van der Waals surface area contributed by atoms with Crippen molar-refractivity contribution >= 4 is 0 Å². The van der Waals surface area contributed by atoms with Gasteiger partial charge in [0.1, 0.15) is 0 Å². The summed E-state index contributed by atoms with van der Waals surface area (Å²) in [6.45, 7) is 9.62. The number of rotatable bonds is 0. The Kier molecular flexibility index (Phi) is 3.04. The van der Waals surface area contributed by atoms with Crippen molar-refractivity contribution in [1.29, 1.82) is 0 Å². The van der Waals surface area contributed by atoms with Gasteiger partial charge in [-0.25, -0.2) is 0 Å². The van der Waals surface area contributed by atoms with Gasteiger partial charge in [-0.05, 0) is 69.9 Å². The van der Waals surface area contributed by atoms with Crippen molar-refractivity contribution in [2.75, 3.05) is 0 Å². The van der Waals surface area contributed by atoms with Gasteiger partial charge in [0.05, 0.1) is 5.56 Å². The first kappa shape index (κ1) is 15.2. The van der Waals surface area contributed by atoms with E-state index in [1.165, 1.54) is 11.6 Å². The quantitative estimate of drug-likeness (QED) is 0.615. The van der Waals surface area contributed by atoms with Crippen LogP contribution in [0, 0.1) is 20.8 Å². The SMILES string of the molecule is Cc1cc2c(cc1C)-c1cc(C(F)(F)F)c(C)n1C(C)(C)C2. The molecule has 0 amide bonds. The molecular formula is C18H20F3N. The van der Waals surface area contributed by atoms with Gasteiger partial charge in [0.25, 0.3) is 0 Å². The summed E-state index contributed by atoms with van der Waals surface area (Å²) in [5.74, 6) is 0. The van der Waals surface area contributed by atoms with E-state index >= 15 is 0 Å². The van der Waals surface area contributed by atoms with Crippen LogP contribution < -0.4 is 0 Å². The van der Waals surface area contributed by atoms with Gasteiger partial charge in [-0.3, -0.25) is 0 Å². The highest BCUT2D eigenvalue weighted by atomic mass is 19.4. The molecule has 0 bridgehead atoms. The molecule has 0 saturated carbocycles. The van der Waals surface area contributed by atoms with E-state index < -0.39 is 11.7 Å². The maximum absolute atomic E-state index is 13.3. The topological polar surface area (TPSA) is 4.93 Å². The molecule has 0 radical (unpaired) electrons. The predicted octanol–water partition coefficient (Wildman–Crippen LogP) is 5.39. The summed E-state index contributed by atoms with van der Waals surface area (Å²) >= 11 is 0. The van der Waals surface area contributed by atoms with Crippen LogP contribution in [0.1, 0.15) is 41.8 Å². The van der Waals surface area contributed by atoms with Gasteiger partial charge in [0.15, 0.2) is 0 Å². The summed E-state index contributed by atoms with van der Waals surface area (Å²) < 4.78 is 41.7. The summed E-state index contributed by atoms with van der Waals surface area (Å²) in [4.78, 5) is 0. The molecule has 0 unspecified atom stereocenters. The molecule has 22 heavy (non-hydrogen) atoms. The first-order valence-electron chi connectivity index (χ1n) is 7.43.